The van der Waals surface area contributed by atoms with Gasteiger partial charge in [0.05, 0.1) is 5.69 Å². The standard InChI is InChI=1S/C13H18N2OS/c1-10(2)13-14-12(8-16-13)7-15(3)6-11-4-5-17-9-11/h4-5,8-10H,6-7H2,1-3H3. The molecule has 2 aromatic rings. The summed E-state index contributed by atoms with van der Waals surface area (Å²) in [5.74, 6) is 1.18. The molecule has 0 aliphatic heterocycles. The molecule has 2 aromatic heterocycles. The van der Waals surface area contributed by atoms with Crippen LogP contribution in [-0.2, 0) is 13.1 Å². The van der Waals surface area contributed by atoms with E-state index in [0.717, 1.165) is 24.7 Å². The van der Waals surface area contributed by atoms with Gasteiger partial charge in [-0.05, 0) is 29.4 Å². The molecule has 0 fully saturated rings. The molecule has 2 rings (SSSR count). The molecule has 0 radical (unpaired) electrons. The van der Waals surface area contributed by atoms with Crippen molar-refractivity contribution in [2.75, 3.05) is 7.05 Å². The summed E-state index contributed by atoms with van der Waals surface area (Å²) in [5, 5.41) is 4.29. The van der Waals surface area contributed by atoms with Crippen molar-refractivity contribution >= 4 is 11.3 Å². The van der Waals surface area contributed by atoms with Crippen LogP contribution in [0.25, 0.3) is 0 Å². The van der Waals surface area contributed by atoms with Crippen LogP contribution in [0.5, 0.6) is 0 Å². The van der Waals surface area contributed by atoms with Gasteiger partial charge in [-0.15, -0.1) is 0 Å². The Hall–Kier alpha value is -1.13. The number of nitrogens with zero attached hydrogens (tertiary/aromatic N) is 2. The third-order valence-electron chi connectivity index (χ3n) is 2.53. The van der Waals surface area contributed by atoms with Gasteiger partial charge in [0.1, 0.15) is 6.26 Å². The lowest BCUT2D eigenvalue weighted by Crippen LogP contribution is -2.17. The molecule has 0 N–H and O–H groups in total. The Balaban J connectivity index is 1.91. The van der Waals surface area contributed by atoms with E-state index in [2.05, 4.69) is 47.6 Å². The zero-order valence-corrected chi connectivity index (χ0v) is 11.3. The van der Waals surface area contributed by atoms with Crippen molar-refractivity contribution in [1.29, 1.82) is 0 Å². The first-order valence-electron chi connectivity index (χ1n) is 5.79. The molecule has 0 atom stereocenters. The Morgan fingerprint density at radius 2 is 2.24 bits per heavy atom. The van der Waals surface area contributed by atoms with Crippen LogP contribution in [0, 0.1) is 0 Å². The molecule has 0 saturated carbocycles. The van der Waals surface area contributed by atoms with Crippen molar-refractivity contribution in [1.82, 2.24) is 9.88 Å². The smallest absolute Gasteiger partial charge is 0.196 e. The van der Waals surface area contributed by atoms with Crippen molar-refractivity contribution < 1.29 is 4.42 Å². The second-order valence-electron chi connectivity index (χ2n) is 4.64. The molecule has 0 saturated heterocycles. The SMILES string of the molecule is CC(C)c1nc(CN(C)Cc2ccsc2)co1. The molecule has 2 heterocycles. The van der Waals surface area contributed by atoms with Gasteiger partial charge in [0, 0.05) is 19.0 Å². The van der Waals surface area contributed by atoms with Gasteiger partial charge in [-0.3, -0.25) is 4.90 Å². The predicted octanol–water partition coefficient (Wildman–Crippen LogP) is 3.49. The second kappa shape index (κ2) is 5.47. The summed E-state index contributed by atoms with van der Waals surface area (Å²) in [5.41, 5.74) is 2.36. The zero-order valence-electron chi connectivity index (χ0n) is 10.5. The number of hydrogen-bond acceptors (Lipinski definition) is 4. The minimum Gasteiger partial charge on any atom is -0.448 e. The highest BCUT2D eigenvalue weighted by atomic mass is 32.1. The number of rotatable bonds is 5. The minimum absolute atomic E-state index is 0.353. The Bertz CT molecular complexity index is 448. The van der Waals surface area contributed by atoms with Gasteiger partial charge in [0.25, 0.3) is 0 Å². The number of oxazole rings is 1. The summed E-state index contributed by atoms with van der Waals surface area (Å²) >= 11 is 1.74. The van der Waals surface area contributed by atoms with Gasteiger partial charge in [-0.25, -0.2) is 4.98 Å². The molecule has 0 unspecified atom stereocenters. The normalized spacial score (nSPS) is 11.6. The van der Waals surface area contributed by atoms with Crippen molar-refractivity contribution in [2.45, 2.75) is 32.9 Å². The maximum Gasteiger partial charge on any atom is 0.196 e. The molecule has 92 valence electrons. The summed E-state index contributed by atoms with van der Waals surface area (Å²) in [6, 6.07) is 2.16. The van der Waals surface area contributed by atoms with Gasteiger partial charge < -0.3 is 4.42 Å². The van der Waals surface area contributed by atoms with E-state index in [4.69, 9.17) is 4.42 Å². The average Bonchev–Trinajstić information content (AvgIpc) is 2.88. The van der Waals surface area contributed by atoms with Gasteiger partial charge in [-0.1, -0.05) is 13.8 Å². The largest absolute Gasteiger partial charge is 0.448 e. The summed E-state index contributed by atoms with van der Waals surface area (Å²) in [7, 11) is 2.10. The van der Waals surface area contributed by atoms with Gasteiger partial charge >= 0.3 is 0 Å². The molecular formula is C13H18N2OS. The summed E-state index contributed by atoms with van der Waals surface area (Å²) in [6.45, 7) is 5.95. The van der Waals surface area contributed by atoms with Crippen molar-refractivity contribution in [2.24, 2.45) is 0 Å². The highest BCUT2D eigenvalue weighted by molar-refractivity contribution is 7.07. The summed E-state index contributed by atoms with van der Waals surface area (Å²) in [4.78, 5) is 6.71. The topological polar surface area (TPSA) is 29.3 Å². The molecule has 0 amide bonds. The van der Waals surface area contributed by atoms with Crippen LogP contribution < -0.4 is 0 Å². The van der Waals surface area contributed by atoms with E-state index in [-0.39, 0.29) is 0 Å². The quantitative estimate of drug-likeness (QED) is 0.813. The highest BCUT2D eigenvalue weighted by Gasteiger charge is 2.09. The van der Waals surface area contributed by atoms with Crippen LogP contribution in [0.15, 0.2) is 27.5 Å². The molecule has 0 aromatic carbocycles. The Morgan fingerprint density at radius 3 is 2.82 bits per heavy atom. The van der Waals surface area contributed by atoms with Gasteiger partial charge in [-0.2, -0.15) is 11.3 Å². The van der Waals surface area contributed by atoms with E-state index in [1.165, 1.54) is 5.56 Å². The molecule has 4 heteroatoms. The lowest BCUT2D eigenvalue weighted by molar-refractivity contribution is 0.315. The van der Waals surface area contributed by atoms with E-state index < -0.39 is 0 Å². The number of thiophene rings is 1. The van der Waals surface area contributed by atoms with E-state index >= 15 is 0 Å². The molecule has 3 nitrogen and oxygen atoms in total. The van der Waals surface area contributed by atoms with Crippen LogP contribution >= 0.6 is 11.3 Å². The van der Waals surface area contributed by atoms with Crippen LogP contribution in [0.1, 0.15) is 36.9 Å². The van der Waals surface area contributed by atoms with Gasteiger partial charge in [0.15, 0.2) is 5.89 Å². The van der Waals surface area contributed by atoms with Crippen LogP contribution in [-0.4, -0.2) is 16.9 Å². The van der Waals surface area contributed by atoms with Crippen LogP contribution in [0.3, 0.4) is 0 Å². The lowest BCUT2D eigenvalue weighted by Gasteiger charge is -2.13. The van der Waals surface area contributed by atoms with E-state index in [0.29, 0.717) is 5.92 Å². The monoisotopic (exact) mass is 250 g/mol. The van der Waals surface area contributed by atoms with E-state index in [1.54, 1.807) is 17.6 Å². The molecule has 0 aliphatic rings. The summed E-state index contributed by atoms with van der Waals surface area (Å²) in [6.07, 6.45) is 1.76. The van der Waals surface area contributed by atoms with Crippen molar-refractivity contribution in [3.63, 3.8) is 0 Å². The Morgan fingerprint density at radius 1 is 1.41 bits per heavy atom. The van der Waals surface area contributed by atoms with Crippen molar-refractivity contribution in [3.8, 4) is 0 Å². The van der Waals surface area contributed by atoms with Crippen LogP contribution in [0.4, 0.5) is 0 Å². The Labute approximate surface area is 106 Å². The Kier molecular flexibility index (Phi) is 3.97. The molecular weight excluding hydrogens is 232 g/mol. The fourth-order valence-electron chi connectivity index (χ4n) is 1.69. The van der Waals surface area contributed by atoms with Gasteiger partial charge in [0.2, 0.25) is 0 Å². The molecule has 0 aliphatic carbocycles. The predicted molar refractivity (Wildman–Crippen MR) is 70.1 cm³/mol. The maximum atomic E-state index is 5.43. The third kappa shape index (κ3) is 3.41. The van der Waals surface area contributed by atoms with Crippen molar-refractivity contribution in [3.05, 3.63) is 40.2 Å². The molecule has 17 heavy (non-hydrogen) atoms. The average molecular weight is 250 g/mol. The maximum absolute atomic E-state index is 5.43. The highest BCUT2D eigenvalue weighted by Crippen LogP contribution is 2.15. The number of hydrogen-bond donors (Lipinski definition) is 0. The summed E-state index contributed by atoms with van der Waals surface area (Å²) < 4.78 is 5.43. The third-order valence-corrected chi connectivity index (χ3v) is 3.26. The van der Waals surface area contributed by atoms with Crippen LogP contribution in [0.2, 0.25) is 0 Å². The fourth-order valence-corrected chi connectivity index (χ4v) is 2.35. The first-order chi connectivity index (χ1) is 8.15. The first kappa shape index (κ1) is 12.3. The molecule has 0 spiro atoms. The minimum atomic E-state index is 0.353. The van der Waals surface area contributed by atoms with E-state index in [9.17, 15) is 0 Å². The fraction of sp³-hybridized carbons (Fsp3) is 0.462. The lowest BCUT2D eigenvalue weighted by atomic mass is 10.2. The first-order valence-corrected chi connectivity index (χ1v) is 6.73. The zero-order chi connectivity index (χ0) is 12.3. The van der Waals surface area contributed by atoms with E-state index in [1.807, 2.05) is 0 Å². The molecule has 0 bridgehead atoms. The number of aromatic nitrogens is 1. The second-order valence-corrected chi connectivity index (χ2v) is 5.42.